The molecule has 5 aromatic rings. The summed E-state index contributed by atoms with van der Waals surface area (Å²) in [5.41, 5.74) is 1.39. The van der Waals surface area contributed by atoms with Crippen molar-refractivity contribution in [1.82, 2.24) is 20.0 Å². The zero-order valence-corrected chi connectivity index (χ0v) is 19.9. The largest absolute Gasteiger partial charge is 0.394 e. The van der Waals surface area contributed by atoms with E-state index in [-0.39, 0.29) is 18.0 Å². The summed E-state index contributed by atoms with van der Waals surface area (Å²) in [5.74, 6) is -0.585. The second kappa shape index (κ2) is 9.72. The number of H-pyrrole nitrogens is 1. The lowest BCUT2D eigenvalue weighted by Gasteiger charge is -2.09. The maximum absolute atomic E-state index is 14.6. The highest BCUT2D eigenvalue weighted by Gasteiger charge is 2.15. The first-order valence-corrected chi connectivity index (χ1v) is 11.8. The van der Waals surface area contributed by atoms with Crippen LogP contribution in [0.2, 0.25) is 0 Å². The van der Waals surface area contributed by atoms with E-state index >= 15 is 0 Å². The molecule has 3 aromatic heterocycles. The molecule has 5 rings (SSSR count). The van der Waals surface area contributed by atoms with Crippen molar-refractivity contribution in [2.75, 3.05) is 17.2 Å². The summed E-state index contributed by atoms with van der Waals surface area (Å²) in [6, 6.07) is 16.9. The zero-order chi connectivity index (χ0) is 25.2. The second-order valence-electron chi connectivity index (χ2n) is 8.04. The third kappa shape index (κ3) is 4.74. The second-order valence-corrected chi connectivity index (χ2v) is 9.12. The number of nitrogens with one attached hydrogen (secondary N) is 3. The minimum absolute atomic E-state index is 0.00385. The fraction of sp³-hybridized carbons (Fsp3) is 0.120. The Hall–Kier alpha value is -4.35. The molecular formula is C25H21FN6O3S. The van der Waals surface area contributed by atoms with Crippen molar-refractivity contribution in [2.45, 2.75) is 13.5 Å². The fourth-order valence-corrected chi connectivity index (χ4v) is 4.69. The smallest absolute Gasteiger partial charge is 0.287 e. The van der Waals surface area contributed by atoms with Gasteiger partial charge in [-0.15, -0.1) is 11.3 Å². The van der Waals surface area contributed by atoms with Gasteiger partial charge in [-0.05, 0) is 48.7 Å². The Kier molecular flexibility index (Phi) is 6.32. The van der Waals surface area contributed by atoms with Gasteiger partial charge in [0.05, 0.1) is 29.4 Å². The number of fused-ring (bicyclic) bond motifs is 1. The van der Waals surface area contributed by atoms with Gasteiger partial charge in [-0.3, -0.25) is 14.3 Å². The lowest BCUT2D eigenvalue weighted by atomic mass is 10.1. The highest BCUT2D eigenvalue weighted by Crippen LogP contribution is 2.28. The lowest BCUT2D eigenvalue weighted by molar-refractivity contribution is 0.103. The monoisotopic (exact) mass is 504 g/mol. The predicted octanol–water partition coefficient (Wildman–Crippen LogP) is 4.28. The first kappa shape index (κ1) is 23.4. The quantitative estimate of drug-likeness (QED) is 0.262. The normalized spacial score (nSPS) is 11.1. The number of halogens is 1. The number of aromatic nitrogens is 4. The molecule has 0 unspecified atom stereocenters. The lowest BCUT2D eigenvalue weighted by Crippen LogP contribution is -2.14. The molecule has 0 fully saturated rings. The van der Waals surface area contributed by atoms with Gasteiger partial charge < -0.3 is 15.7 Å². The van der Waals surface area contributed by atoms with E-state index in [0.29, 0.717) is 28.5 Å². The number of carbonyl (C=O) groups is 1. The maximum atomic E-state index is 14.6. The molecular weight excluding hydrogens is 483 g/mol. The van der Waals surface area contributed by atoms with Crippen LogP contribution in [0.4, 0.5) is 21.6 Å². The molecule has 3 heterocycles. The number of anilines is 3. The van der Waals surface area contributed by atoms with Gasteiger partial charge in [0.2, 0.25) is 0 Å². The molecule has 1 amide bonds. The molecule has 0 bridgehead atoms. The van der Waals surface area contributed by atoms with E-state index in [1.165, 1.54) is 35.6 Å². The van der Waals surface area contributed by atoms with Gasteiger partial charge in [0.15, 0.2) is 5.82 Å². The Morgan fingerprint density at radius 3 is 2.78 bits per heavy atom. The van der Waals surface area contributed by atoms with Gasteiger partial charge in [0.25, 0.3) is 11.5 Å². The Balaban J connectivity index is 1.40. The molecule has 182 valence electrons. The Morgan fingerprint density at radius 2 is 1.97 bits per heavy atom. The van der Waals surface area contributed by atoms with E-state index in [0.717, 1.165) is 15.8 Å². The standard InChI is InChI=1S/C25H21FN6O3S/c1-14-10-23(31-32(14)8-9-33)27-20-13-18(29-30-24(20)34)15-6-7-17(26)19(11-15)28-25(35)22-12-16-4-2-3-5-21(16)36-22/h2-7,10-13,33H,8-9H2,1H3,(H,28,35)(H,30,34)(H,27,29,31). The molecule has 0 atom stereocenters. The van der Waals surface area contributed by atoms with Crippen molar-refractivity contribution in [3.8, 4) is 11.3 Å². The van der Waals surface area contributed by atoms with Gasteiger partial charge in [-0.1, -0.05) is 18.2 Å². The van der Waals surface area contributed by atoms with Crippen LogP contribution >= 0.6 is 11.3 Å². The maximum Gasteiger partial charge on any atom is 0.287 e. The summed E-state index contributed by atoms with van der Waals surface area (Å²) in [7, 11) is 0. The third-order valence-electron chi connectivity index (χ3n) is 5.52. The minimum Gasteiger partial charge on any atom is -0.394 e. The molecule has 2 aromatic carbocycles. The van der Waals surface area contributed by atoms with E-state index in [4.69, 9.17) is 5.11 Å². The van der Waals surface area contributed by atoms with Crippen LogP contribution < -0.4 is 16.2 Å². The fourth-order valence-electron chi connectivity index (χ4n) is 3.73. The van der Waals surface area contributed by atoms with Crippen LogP contribution in [-0.2, 0) is 6.54 Å². The van der Waals surface area contributed by atoms with Crippen molar-refractivity contribution in [3.05, 3.63) is 87.4 Å². The molecule has 0 saturated carbocycles. The Morgan fingerprint density at radius 1 is 1.14 bits per heavy atom. The van der Waals surface area contributed by atoms with E-state index in [9.17, 15) is 14.0 Å². The van der Waals surface area contributed by atoms with Gasteiger partial charge in [-0.25, -0.2) is 9.49 Å². The van der Waals surface area contributed by atoms with Crippen LogP contribution in [0, 0.1) is 12.7 Å². The van der Waals surface area contributed by atoms with Crippen molar-refractivity contribution < 1.29 is 14.3 Å². The highest BCUT2D eigenvalue weighted by atomic mass is 32.1. The highest BCUT2D eigenvalue weighted by molar-refractivity contribution is 7.20. The minimum atomic E-state index is -0.596. The average Bonchev–Trinajstić information content (AvgIpc) is 3.45. The number of aryl methyl sites for hydroxylation is 1. The third-order valence-corrected chi connectivity index (χ3v) is 6.63. The van der Waals surface area contributed by atoms with Crippen molar-refractivity contribution >= 4 is 44.5 Å². The van der Waals surface area contributed by atoms with Gasteiger partial charge in [-0.2, -0.15) is 10.2 Å². The molecule has 9 nitrogen and oxygen atoms in total. The van der Waals surface area contributed by atoms with Crippen LogP contribution in [0.1, 0.15) is 15.4 Å². The molecule has 0 spiro atoms. The Labute approximate surface area is 208 Å². The number of hydrogen-bond donors (Lipinski definition) is 4. The Bertz CT molecular complexity index is 1610. The van der Waals surface area contributed by atoms with Crippen LogP contribution in [0.3, 0.4) is 0 Å². The number of rotatable bonds is 7. The van der Waals surface area contributed by atoms with Gasteiger partial charge >= 0.3 is 0 Å². The molecule has 0 saturated heterocycles. The molecule has 36 heavy (non-hydrogen) atoms. The summed E-state index contributed by atoms with van der Waals surface area (Å²) >= 11 is 1.32. The first-order chi connectivity index (χ1) is 17.4. The SMILES string of the molecule is Cc1cc(Nc2cc(-c3ccc(F)c(NC(=O)c4cc5ccccc5s4)c3)n[nH]c2=O)nn1CCO. The van der Waals surface area contributed by atoms with Crippen LogP contribution in [0.5, 0.6) is 0 Å². The van der Waals surface area contributed by atoms with E-state index in [2.05, 4.69) is 25.9 Å². The number of benzene rings is 2. The number of thiophene rings is 1. The average molecular weight is 505 g/mol. The van der Waals surface area contributed by atoms with Crippen LogP contribution in [0.15, 0.2) is 65.5 Å². The summed E-state index contributed by atoms with van der Waals surface area (Å²) in [6.07, 6.45) is 0. The number of amides is 1. The summed E-state index contributed by atoms with van der Waals surface area (Å²) in [4.78, 5) is 25.6. The summed E-state index contributed by atoms with van der Waals surface area (Å²) in [6.45, 7) is 2.11. The molecule has 0 aliphatic heterocycles. The zero-order valence-electron chi connectivity index (χ0n) is 19.1. The van der Waals surface area contributed by atoms with Crippen molar-refractivity contribution in [3.63, 3.8) is 0 Å². The molecule has 0 aliphatic carbocycles. The predicted molar refractivity (Wildman–Crippen MR) is 137 cm³/mol. The van der Waals surface area contributed by atoms with E-state index < -0.39 is 17.3 Å². The van der Waals surface area contributed by atoms with Gasteiger partial charge in [0.1, 0.15) is 11.5 Å². The molecule has 11 heteroatoms. The number of aliphatic hydroxyl groups excluding tert-OH is 1. The van der Waals surface area contributed by atoms with Crippen LogP contribution in [0.25, 0.3) is 21.3 Å². The molecule has 0 radical (unpaired) electrons. The number of aliphatic hydroxyl groups is 1. The number of hydrogen-bond acceptors (Lipinski definition) is 7. The number of carbonyl (C=O) groups excluding carboxylic acids is 1. The van der Waals surface area contributed by atoms with Crippen molar-refractivity contribution in [2.24, 2.45) is 0 Å². The van der Waals surface area contributed by atoms with E-state index in [1.54, 1.807) is 16.8 Å². The number of nitrogens with zero attached hydrogens (tertiary/aromatic N) is 3. The summed E-state index contributed by atoms with van der Waals surface area (Å²) < 4.78 is 17.1. The van der Waals surface area contributed by atoms with Gasteiger partial charge in [0, 0.05) is 22.0 Å². The number of aromatic amines is 1. The first-order valence-electron chi connectivity index (χ1n) is 11.0. The molecule has 4 N–H and O–H groups in total. The van der Waals surface area contributed by atoms with E-state index in [1.807, 2.05) is 31.2 Å². The molecule has 0 aliphatic rings. The summed E-state index contributed by atoms with van der Waals surface area (Å²) in [5, 5.41) is 26.5. The van der Waals surface area contributed by atoms with Crippen LogP contribution in [-0.4, -0.2) is 37.6 Å². The van der Waals surface area contributed by atoms with Crippen molar-refractivity contribution in [1.29, 1.82) is 0 Å². The topological polar surface area (TPSA) is 125 Å².